The number of nitrogens with zero attached hydrogens (tertiary/aromatic N) is 1. The van der Waals surface area contributed by atoms with Gasteiger partial charge in [0.1, 0.15) is 5.75 Å². The summed E-state index contributed by atoms with van der Waals surface area (Å²) in [6, 6.07) is 15.4. The summed E-state index contributed by atoms with van der Waals surface area (Å²) < 4.78 is 5.33. The molecule has 0 aliphatic carbocycles. The number of anilines is 1. The Bertz CT molecular complexity index is 847. The number of methoxy groups -OCH3 is 1. The Morgan fingerprint density at radius 1 is 1.21 bits per heavy atom. The molecule has 4 nitrogen and oxygen atoms in total. The fourth-order valence-corrected chi connectivity index (χ4v) is 3.37. The van der Waals surface area contributed by atoms with Gasteiger partial charge in [-0.05, 0) is 24.5 Å². The number of thioether (sulfide) groups is 1. The number of aromatic nitrogens is 1. The third-order valence-corrected chi connectivity index (χ3v) is 4.93. The molecule has 0 atom stereocenters. The number of thiazole rings is 1. The molecule has 122 valence electrons. The molecule has 1 amide bonds. The van der Waals surface area contributed by atoms with Crippen molar-refractivity contribution in [3.05, 3.63) is 59.5 Å². The SMILES string of the molecule is COc1cc(SC)ccc1C(=O)Nc1nc(-c2ccccc2)cs1. The lowest BCUT2D eigenvalue weighted by molar-refractivity contribution is 0.102. The molecule has 0 bridgehead atoms. The largest absolute Gasteiger partial charge is 0.496 e. The number of hydrogen-bond donors (Lipinski definition) is 1. The molecule has 0 aliphatic rings. The maximum Gasteiger partial charge on any atom is 0.261 e. The van der Waals surface area contributed by atoms with Crippen LogP contribution in [0.2, 0.25) is 0 Å². The molecular formula is C18H16N2O2S2. The first-order valence-corrected chi connectivity index (χ1v) is 9.36. The first kappa shape index (κ1) is 16.5. The molecule has 3 rings (SSSR count). The molecule has 1 N–H and O–H groups in total. The molecule has 1 aromatic heterocycles. The first-order chi connectivity index (χ1) is 11.7. The number of benzene rings is 2. The number of nitrogens with one attached hydrogen (secondary N) is 1. The quantitative estimate of drug-likeness (QED) is 0.668. The van der Waals surface area contributed by atoms with Crippen LogP contribution in [0.15, 0.2) is 58.8 Å². The highest BCUT2D eigenvalue weighted by molar-refractivity contribution is 7.98. The van der Waals surface area contributed by atoms with E-state index in [9.17, 15) is 4.79 Å². The van der Waals surface area contributed by atoms with Crippen molar-refractivity contribution in [2.24, 2.45) is 0 Å². The Balaban J connectivity index is 1.79. The van der Waals surface area contributed by atoms with E-state index in [1.54, 1.807) is 24.9 Å². The molecule has 0 saturated heterocycles. The van der Waals surface area contributed by atoms with Crippen LogP contribution in [0.25, 0.3) is 11.3 Å². The molecule has 6 heteroatoms. The van der Waals surface area contributed by atoms with Crippen molar-refractivity contribution in [1.82, 2.24) is 4.98 Å². The van der Waals surface area contributed by atoms with Crippen molar-refractivity contribution >= 4 is 34.1 Å². The Hall–Kier alpha value is -2.31. The molecule has 0 aliphatic heterocycles. The minimum atomic E-state index is -0.228. The molecule has 24 heavy (non-hydrogen) atoms. The van der Waals surface area contributed by atoms with Gasteiger partial charge in [-0.3, -0.25) is 10.1 Å². The zero-order chi connectivity index (χ0) is 16.9. The van der Waals surface area contributed by atoms with E-state index in [4.69, 9.17) is 4.74 Å². The average Bonchev–Trinajstić information content (AvgIpc) is 3.10. The van der Waals surface area contributed by atoms with E-state index in [-0.39, 0.29) is 5.91 Å². The van der Waals surface area contributed by atoms with Gasteiger partial charge in [-0.1, -0.05) is 30.3 Å². The van der Waals surface area contributed by atoms with Gasteiger partial charge in [0.15, 0.2) is 5.13 Å². The second kappa shape index (κ2) is 7.51. The molecule has 3 aromatic rings. The first-order valence-electron chi connectivity index (χ1n) is 7.25. The van der Waals surface area contributed by atoms with Crippen LogP contribution in [0.5, 0.6) is 5.75 Å². The van der Waals surface area contributed by atoms with Gasteiger partial charge in [-0.25, -0.2) is 4.98 Å². The van der Waals surface area contributed by atoms with E-state index < -0.39 is 0 Å². The van der Waals surface area contributed by atoms with Crippen molar-refractivity contribution in [2.75, 3.05) is 18.7 Å². The highest BCUT2D eigenvalue weighted by atomic mass is 32.2. The Labute approximate surface area is 148 Å². The minimum Gasteiger partial charge on any atom is -0.496 e. The molecule has 0 saturated carbocycles. The van der Waals surface area contributed by atoms with Crippen LogP contribution < -0.4 is 10.1 Å². The fraction of sp³-hybridized carbons (Fsp3) is 0.111. The number of hydrogen-bond acceptors (Lipinski definition) is 5. The highest BCUT2D eigenvalue weighted by Crippen LogP contribution is 2.28. The summed E-state index contributed by atoms with van der Waals surface area (Å²) in [5, 5.41) is 5.34. The standard InChI is InChI=1S/C18H16N2O2S2/c1-22-16-10-13(23-2)8-9-14(16)17(21)20-18-19-15(11-24-18)12-6-4-3-5-7-12/h3-11H,1-2H3,(H,19,20,21). The summed E-state index contributed by atoms with van der Waals surface area (Å²) in [5.74, 6) is 0.327. The summed E-state index contributed by atoms with van der Waals surface area (Å²) in [6.45, 7) is 0. The third kappa shape index (κ3) is 3.60. The molecule has 0 unspecified atom stereocenters. The number of amides is 1. The lowest BCUT2D eigenvalue weighted by Gasteiger charge is -2.09. The predicted molar refractivity (Wildman–Crippen MR) is 100 cm³/mol. The molecule has 0 fully saturated rings. The highest BCUT2D eigenvalue weighted by Gasteiger charge is 2.15. The van der Waals surface area contributed by atoms with E-state index in [0.29, 0.717) is 16.4 Å². The fourth-order valence-electron chi connectivity index (χ4n) is 2.22. The predicted octanol–water partition coefficient (Wildman–Crippen LogP) is 4.79. The smallest absolute Gasteiger partial charge is 0.261 e. The van der Waals surface area contributed by atoms with Gasteiger partial charge in [0.25, 0.3) is 5.91 Å². The van der Waals surface area contributed by atoms with Crippen LogP contribution in [-0.2, 0) is 0 Å². The van der Waals surface area contributed by atoms with Crippen LogP contribution >= 0.6 is 23.1 Å². The lowest BCUT2D eigenvalue weighted by Crippen LogP contribution is -2.13. The van der Waals surface area contributed by atoms with Crippen LogP contribution in [-0.4, -0.2) is 24.3 Å². The summed E-state index contributed by atoms with van der Waals surface area (Å²) in [7, 11) is 1.56. The summed E-state index contributed by atoms with van der Waals surface area (Å²) in [4.78, 5) is 18.0. The topological polar surface area (TPSA) is 51.2 Å². The van der Waals surface area contributed by atoms with Crippen LogP contribution in [0.3, 0.4) is 0 Å². The van der Waals surface area contributed by atoms with Gasteiger partial charge in [0.05, 0.1) is 18.4 Å². The van der Waals surface area contributed by atoms with Gasteiger partial charge in [0, 0.05) is 15.8 Å². The van der Waals surface area contributed by atoms with E-state index in [2.05, 4.69) is 10.3 Å². The van der Waals surface area contributed by atoms with Crippen LogP contribution in [0, 0.1) is 0 Å². The summed E-state index contributed by atoms with van der Waals surface area (Å²) in [6.07, 6.45) is 1.98. The normalized spacial score (nSPS) is 10.4. The molecule has 1 heterocycles. The maximum absolute atomic E-state index is 12.5. The molecule has 2 aromatic carbocycles. The number of ether oxygens (including phenoxy) is 1. The number of carbonyl (C=O) groups is 1. The van der Waals surface area contributed by atoms with Crippen molar-refractivity contribution in [3.8, 4) is 17.0 Å². The molecule has 0 spiro atoms. The van der Waals surface area contributed by atoms with E-state index >= 15 is 0 Å². The van der Waals surface area contributed by atoms with Crippen molar-refractivity contribution in [1.29, 1.82) is 0 Å². The van der Waals surface area contributed by atoms with E-state index in [0.717, 1.165) is 16.2 Å². The van der Waals surface area contributed by atoms with Crippen molar-refractivity contribution in [3.63, 3.8) is 0 Å². The van der Waals surface area contributed by atoms with Gasteiger partial charge < -0.3 is 4.74 Å². The number of carbonyl (C=O) groups excluding carboxylic acids is 1. The monoisotopic (exact) mass is 356 g/mol. The van der Waals surface area contributed by atoms with Gasteiger partial charge in [0.2, 0.25) is 0 Å². The summed E-state index contributed by atoms with van der Waals surface area (Å²) >= 11 is 3.00. The minimum absolute atomic E-state index is 0.228. The van der Waals surface area contributed by atoms with Crippen molar-refractivity contribution < 1.29 is 9.53 Å². The average molecular weight is 356 g/mol. The van der Waals surface area contributed by atoms with E-state index in [1.807, 2.05) is 54.1 Å². The van der Waals surface area contributed by atoms with E-state index in [1.165, 1.54) is 11.3 Å². The summed E-state index contributed by atoms with van der Waals surface area (Å²) in [5.41, 5.74) is 2.36. The van der Waals surface area contributed by atoms with Gasteiger partial charge in [-0.2, -0.15) is 0 Å². The molecular weight excluding hydrogens is 340 g/mol. The van der Waals surface area contributed by atoms with Gasteiger partial charge in [-0.15, -0.1) is 23.1 Å². The number of rotatable bonds is 5. The Morgan fingerprint density at radius 2 is 2.00 bits per heavy atom. The van der Waals surface area contributed by atoms with Gasteiger partial charge >= 0.3 is 0 Å². The third-order valence-electron chi connectivity index (χ3n) is 3.45. The zero-order valence-electron chi connectivity index (χ0n) is 13.3. The van der Waals surface area contributed by atoms with Crippen molar-refractivity contribution in [2.45, 2.75) is 4.90 Å². The van der Waals surface area contributed by atoms with Crippen LogP contribution in [0.4, 0.5) is 5.13 Å². The lowest BCUT2D eigenvalue weighted by atomic mass is 10.2. The Kier molecular flexibility index (Phi) is 5.17. The second-order valence-electron chi connectivity index (χ2n) is 4.92. The maximum atomic E-state index is 12.5. The second-order valence-corrected chi connectivity index (χ2v) is 6.66. The molecule has 0 radical (unpaired) electrons. The Morgan fingerprint density at radius 3 is 2.71 bits per heavy atom. The zero-order valence-corrected chi connectivity index (χ0v) is 14.9. The van der Waals surface area contributed by atoms with Crippen LogP contribution in [0.1, 0.15) is 10.4 Å².